The Morgan fingerprint density at radius 1 is 1.14 bits per heavy atom. The van der Waals surface area contributed by atoms with Gasteiger partial charge in [-0.25, -0.2) is 4.98 Å². The summed E-state index contributed by atoms with van der Waals surface area (Å²) < 4.78 is 6.26. The summed E-state index contributed by atoms with van der Waals surface area (Å²) in [7, 11) is 1.65. The lowest BCUT2D eigenvalue weighted by Gasteiger charge is -2.00. The number of benzene rings is 2. The lowest BCUT2D eigenvalue weighted by atomic mass is 10.2. The summed E-state index contributed by atoms with van der Waals surface area (Å²) in [6.45, 7) is 0. The van der Waals surface area contributed by atoms with Crippen molar-refractivity contribution in [1.82, 2.24) is 15.0 Å². The molecule has 6 heteroatoms. The Hall–Kier alpha value is -2.47. The maximum Gasteiger partial charge on any atom is 0.205 e. The number of aromatic amines is 2. The quantitative estimate of drug-likeness (QED) is 0.504. The standard InChI is InChI=1S/C16H13BrN4O/c1-22-10-3-5-13-14(7-10)20-16(19-13)21-15-8-18-12-4-2-9(17)6-11(12)15/h2-8,18H,1H3,(H2,19,20,21). The van der Waals surface area contributed by atoms with Gasteiger partial charge in [0.2, 0.25) is 5.95 Å². The molecule has 0 aliphatic carbocycles. The molecule has 0 saturated carbocycles. The number of hydrogen-bond acceptors (Lipinski definition) is 3. The van der Waals surface area contributed by atoms with Crippen LogP contribution < -0.4 is 10.1 Å². The van der Waals surface area contributed by atoms with Crippen LogP contribution in [0.15, 0.2) is 47.1 Å². The molecule has 0 spiro atoms. The summed E-state index contributed by atoms with van der Waals surface area (Å²) in [5, 5.41) is 4.43. The van der Waals surface area contributed by atoms with E-state index in [-0.39, 0.29) is 0 Å². The Kier molecular flexibility index (Phi) is 3.04. The Labute approximate surface area is 134 Å². The van der Waals surface area contributed by atoms with Crippen LogP contribution in [0.5, 0.6) is 5.75 Å². The highest BCUT2D eigenvalue weighted by Crippen LogP contribution is 2.29. The van der Waals surface area contributed by atoms with Crippen molar-refractivity contribution in [3.8, 4) is 5.75 Å². The minimum absolute atomic E-state index is 0.698. The number of hydrogen-bond donors (Lipinski definition) is 3. The van der Waals surface area contributed by atoms with Gasteiger partial charge in [-0.15, -0.1) is 0 Å². The predicted molar refractivity (Wildman–Crippen MR) is 91.9 cm³/mol. The molecule has 0 amide bonds. The van der Waals surface area contributed by atoms with E-state index in [1.165, 1.54) is 0 Å². The van der Waals surface area contributed by atoms with Crippen molar-refractivity contribution < 1.29 is 4.74 Å². The maximum atomic E-state index is 5.22. The lowest BCUT2D eigenvalue weighted by molar-refractivity contribution is 0.415. The molecule has 4 aromatic rings. The van der Waals surface area contributed by atoms with Crippen LogP contribution in [0.3, 0.4) is 0 Å². The molecule has 2 aromatic carbocycles. The summed E-state index contributed by atoms with van der Waals surface area (Å²) in [4.78, 5) is 11.1. The van der Waals surface area contributed by atoms with E-state index < -0.39 is 0 Å². The number of ether oxygens (including phenoxy) is 1. The number of aromatic nitrogens is 3. The van der Waals surface area contributed by atoms with Gasteiger partial charge in [-0.1, -0.05) is 15.9 Å². The van der Waals surface area contributed by atoms with E-state index in [0.717, 1.165) is 37.8 Å². The molecule has 22 heavy (non-hydrogen) atoms. The van der Waals surface area contributed by atoms with Crippen LogP contribution in [0.1, 0.15) is 0 Å². The first kappa shape index (κ1) is 13.2. The fourth-order valence-corrected chi connectivity index (χ4v) is 2.86. The highest BCUT2D eigenvalue weighted by Gasteiger charge is 2.08. The van der Waals surface area contributed by atoms with Crippen molar-refractivity contribution in [1.29, 1.82) is 0 Å². The first-order valence-electron chi connectivity index (χ1n) is 6.80. The monoisotopic (exact) mass is 356 g/mol. The van der Waals surface area contributed by atoms with Gasteiger partial charge in [-0.2, -0.15) is 0 Å². The van der Waals surface area contributed by atoms with Crippen LogP contribution in [0.25, 0.3) is 21.9 Å². The first-order valence-corrected chi connectivity index (χ1v) is 7.59. The highest BCUT2D eigenvalue weighted by molar-refractivity contribution is 9.10. The summed E-state index contributed by atoms with van der Waals surface area (Å²) in [5.74, 6) is 1.49. The van der Waals surface area contributed by atoms with Gasteiger partial charge in [0.25, 0.3) is 0 Å². The Balaban J connectivity index is 1.74. The van der Waals surface area contributed by atoms with Gasteiger partial charge in [0.1, 0.15) is 5.75 Å². The van der Waals surface area contributed by atoms with Crippen molar-refractivity contribution in [3.05, 3.63) is 47.1 Å². The second-order valence-corrected chi connectivity index (χ2v) is 5.90. The number of anilines is 2. The fourth-order valence-electron chi connectivity index (χ4n) is 2.50. The average Bonchev–Trinajstić information content (AvgIpc) is 3.10. The van der Waals surface area contributed by atoms with Gasteiger partial charge < -0.3 is 20.0 Å². The van der Waals surface area contributed by atoms with Crippen molar-refractivity contribution >= 4 is 49.5 Å². The summed E-state index contributed by atoms with van der Waals surface area (Å²) in [5.41, 5.74) is 3.87. The van der Waals surface area contributed by atoms with Gasteiger partial charge >= 0.3 is 0 Å². The third-order valence-electron chi connectivity index (χ3n) is 3.59. The first-order chi connectivity index (χ1) is 10.7. The smallest absolute Gasteiger partial charge is 0.205 e. The largest absolute Gasteiger partial charge is 0.497 e. The third kappa shape index (κ3) is 2.21. The van der Waals surface area contributed by atoms with E-state index >= 15 is 0 Å². The molecule has 0 aliphatic heterocycles. The topological polar surface area (TPSA) is 65.7 Å². The SMILES string of the molecule is COc1ccc2[nH]c(Nc3c[nH]c4ccc(Br)cc34)nc2c1. The molecule has 0 saturated heterocycles. The molecule has 0 atom stereocenters. The average molecular weight is 357 g/mol. The highest BCUT2D eigenvalue weighted by atomic mass is 79.9. The summed E-state index contributed by atoms with van der Waals surface area (Å²) >= 11 is 3.50. The molecule has 0 radical (unpaired) electrons. The van der Waals surface area contributed by atoms with E-state index in [1.807, 2.05) is 36.5 Å². The fraction of sp³-hybridized carbons (Fsp3) is 0.0625. The second kappa shape index (κ2) is 5.06. The minimum Gasteiger partial charge on any atom is -0.497 e. The Morgan fingerprint density at radius 2 is 2.00 bits per heavy atom. The van der Waals surface area contributed by atoms with E-state index in [2.05, 4.69) is 42.3 Å². The Bertz CT molecular complexity index is 973. The number of nitrogens with one attached hydrogen (secondary N) is 3. The second-order valence-electron chi connectivity index (χ2n) is 4.99. The molecule has 0 unspecified atom stereocenters. The van der Waals surface area contributed by atoms with Crippen LogP contribution in [0, 0.1) is 0 Å². The van der Waals surface area contributed by atoms with E-state index in [0.29, 0.717) is 5.95 Å². The van der Waals surface area contributed by atoms with Gasteiger partial charge in [0, 0.05) is 27.6 Å². The van der Waals surface area contributed by atoms with Crippen molar-refractivity contribution in [2.45, 2.75) is 0 Å². The number of halogens is 1. The Morgan fingerprint density at radius 3 is 2.86 bits per heavy atom. The third-order valence-corrected chi connectivity index (χ3v) is 4.08. The maximum absolute atomic E-state index is 5.22. The number of nitrogens with zero attached hydrogens (tertiary/aromatic N) is 1. The van der Waals surface area contributed by atoms with Gasteiger partial charge in [0.05, 0.1) is 23.8 Å². The molecule has 110 valence electrons. The van der Waals surface area contributed by atoms with E-state index in [4.69, 9.17) is 4.74 Å². The van der Waals surface area contributed by atoms with Crippen LogP contribution in [-0.4, -0.2) is 22.1 Å². The van der Waals surface area contributed by atoms with Crippen molar-refractivity contribution in [3.63, 3.8) is 0 Å². The van der Waals surface area contributed by atoms with Crippen LogP contribution in [-0.2, 0) is 0 Å². The predicted octanol–water partition coefficient (Wildman–Crippen LogP) is 4.56. The van der Waals surface area contributed by atoms with Crippen LogP contribution in [0.2, 0.25) is 0 Å². The summed E-state index contributed by atoms with van der Waals surface area (Å²) in [6, 6.07) is 11.9. The van der Waals surface area contributed by atoms with Crippen LogP contribution in [0.4, 0.5) is 11.6 Å². The molecule has 3 N–H and O–H groups in total. The molecule has 0 fully saturated rings. The molecular formula is C16H13BrN4O. The molecule has 5 nitrogen and oxygen atoms in total. The van der Waals surface area contributed by atoms with Gasteiger partial charge in [-0.05, 0) is 30.3 Å². The van der Waals surface area contributed by atoms with Gasteiger partial charge in [0.15, 0.2) is 0 Å². The molecular weight excluding hydrogens is 344 g/mol. The van der Waals surface area contributed by atoms with Crippen molar-refractivity contribution in [2.24, 2.45) is 0 Å². The zero-order chi connectivity index (χ0) is 15.1. The zero-order valence-corrected chi connectivity index (χ0v) is 13.4. The summed E-state index contributed by atoms with van der Waals surface area (Å²) in [6.07, 6.45) is 1.94. The molecule has 2 aromatic heterocycles. The number of imidazole rings is 1. The minimum atomic E-state index is 0.698. The number of H-pyrrole nitrogens is 2. The number of rotatable bonds is 3. The molecule has 2 heterocycles. The van der Waals surface area contributed by atoms with Crippen molar-refractivity contribution in [2.75, 3.05) is 12.4 Å². The van der Waals surface area contributed by atoms with Gasteiger partial charge in [-0.3, -0.25) is 0 Å². The number of methoxy groups -OCH3 is 1. The normalized spacial score (nSPS) is 11.2. The zero-order valence-electron chi connectivity index (χ0n) is 11.8. The van der Waals surface area contributed by atoms with E-state index in [1.54, 1.807) is 7.11 Å². The lowest BCUT2D eigenvalue weighted by Crippen LogP contribution is -1.90. The molecule has 4 rings (SSSR count). The molecule has 0 bridgehead atoms. The molecule has 0 aliphatic rings. The van der Waals surface area contributed by atoms with Crippen LogP contribution >= 0.6 is 15.9 Å². The van der Waals surface area contributed by atoms with E-state index in [9.17, 15) is 0 Å². The number of fused-ring (bicyclic) bond motifs is 2.